The van der Waals surface area contributed by atoms with Crippen LogP contribution in [0, 0.1) is 19.8 Å². The summed E-state index contributed by atoms with van der Waals surface area (Å²) in [6.45, 7) is 8.38. The van der Waals surface area contributed by atoms with Gasteiger partial charge in [0.05, 0.1) is 5.56 Å². The molecule has 19 heavy (non-hydrogen) atoms. The number of H-pyrrole nitrogens is 1. The fourth-order valence-electron chi connectivity index (χ4n) is 2.66. The summed E-state index contributed by atoms with van der Waals surface area (Å²) < 4.78 is 5.36. The molecule has 106 valence electrons. The van der Waals surface area contributed by atoms with Crippen molar-refractivity contribution in [3.63, 3.8) is 0 Å². The van der Waals surface area contributed by atoms with Crippen LogP contribution < -0.4 is 10.9 Å². The first-order valence-corrected chi connectivity index (χ1v) is 6.96. The predicted molar refractivity (Wildman–Crippen MR) is 74.3 cm³/mol. The Labute approximate surface area is 113 Å². The van der Waals surface area contributed by atoms with Crippen molar-refractivity contribution in [1.82, 2.24) is 15.3 Å². The minimum atomic E-state index is -0.0331. The first-order valence-electron chi connectivity index (χ1n) is 6.96. The molecule has 1 aliphatic heterocycles. The molecule has 5 heteroatoms. The number of rotatable bonds is 5. The Kier molecular flexibility index (Phi) is 4.71. The molecule has 1 aliphatic rings. The van der Waals surface area contributed by atoms with Gasteiger partial charge in [0.2, 0.25) is 0 Å². The van der Waals surface area contributed by atoms with E-state index in [0.29, 0.717) is 11.7 Å². The molecule has 2 heterocycles. The molecule has 0 aliphatic carbocycles. The smallest absolute Gasteiger partial charge is 0.255 e. The van der Waals surface area contributed by atoms with E-state index in [2.05, 4.69) is 15.3 Å². The van der Waals surface area contributed by atoms with Gasteiger partial charge >= 0.3 is 0 Å². The highest BCUT2D eigenvalue weighted by Crippen LogP contribution is 2.16. The maximum atomic E-state index is 12.0. The highest BCUT2D eigenvalue weighted by Gasteiger charge is 2.17. The molecule has 2 unspecified atom stereocenters. The van der Waals surface area contributed by atoms with E-state index in [-0.39, 0.29) is 11.6 Å². The Morgan fingerprint density at radius 3 is 2.95 bits per heavy atom. The second-order valence-corrected chi connectivity index (χ2v) is 5.34. The Hall–Kier alpha value is -1.20. The first-order chi connectivity index (χ1) is 9.08. The molecule has 0 spiro atoms. The number of nitrogens with one attached hydrogen (secondary N) is 2. The molecule has 5 nitrogen and oxygen atoms in total. The first kappa shape index (κ1) is 14.2. The summed E-state index contributed by atoms with van der Waals surface area (Å²) >= 11 is 0. The molecule has 0 saturated carbocycles. The minimum Gasteiger partial charge on any atom is -0.381 e. The van der Waals surface area contributed by atoms with Crippen LogP contribution in [0.4, 0.5) is 0 Å². The number of hydrogen-bond acceptors (Lipinski definition) is 4. The Balaban J connectivity index is 1.92. The summed E-state index contributed by atoms with van der Waals surface area (Å²) in [5.41, 5.74) is 1.52. The second kappa shape index (κ2) is 6.30. The number of aryl methyl sites for hydroxylation is 2. The van der Waals surface area contributed by atoms with Crippen LogP contribution >= 0.6 is 0 Å². The molecule has 0 radical (unpaired) electrons. The maximum absolute atomic E-state index is 12.0. The molecule has 1 aromatic rings. The van der Waals surface area contributed by atoms with Gasteiger partial charge in [0.15, 0.2) is 0 Å². The molecule has 1 saturated heterocycles. The van der Waals surface area contributed by atoms with Crippen molar-refractivity contribution in [2.75, 3.05) is 19.8 Å². The lowest BCUT2D eigenvalue weighted by atomic mass is 10.0. The largest absolute Gasteiger partial charge is 0.381 e. The molecule has 0 bridgehead atoms. The highest BCUT2D eigenvalue weighted by molar-refractivity contribution is 5.19. The molecule has 0 aromatic carbocycles. The van der Waals surface area contributed by atoms with Crippen molar-refractivity contribution in [3.8, 4) is 0 Å². The molecule has 1 fully saturated rings. The van der Waals surface area contributed by atoms with Gasteiger partial charge in [0, 0.05) is 24.9 Å². The zero-order valence-corrected chi connectivity index (χ0v) is 12.0. The predicted octanol–water partition coefficient (Wildman–Crippen LogP) is 1.46. The van der Waals surface area contributed by atoms with E-state index in [1.807, 2.05) is 13.8 Å². The number of aromatic nitrogens is 2. The molecular formula is C14H23N3O2. The van der Waals surface area contributed by atoms with Crippen molar-refractivity contribution in [2.45, 2.75) is 39.7 Å². The highest BCUT2D eigenvalue weighted by atomic mass is 16.5. The van der Waals surface area contributed by atoms with E-state index in [1.165, 1.54) is 0 Å². The Morgan fingerprint density at radius 1 is 1.53 bits per heavy atom. The number of nitrogens with zero attached hydrogens (tertiary/aromatic N) is 1. The lowest BCUT2D eigenvalue weighted by Crippen LogP contribution is -2.29. The fraction of sp³-hybridized carbons (Fsp3) is 0.714. The molecule has 2 atom stereocenters. The second-order valence-electron chi connectivity index (χ2n) is 5.34. The van der Waals surface area contributed by atoms with Crippen LogP contribution in [0.1, 0.15) is 42.9 Å². The van der Waals surface area contributed by atoms with E-state index < -0.39 is 0 Å². The quantitative estimate of drug-likeness (QED) is 0.846. The van der Waals surface area contributed by atoms with Crippen molar-refractivity contribution in [3.05, 3.63) is 27.4 Å². The van der Waals surface area contributed by atoms with Gasteiger partial charge in [-0.2, -0.15) is 0 Å². The van der Waals surface area contributed by atoms with Crippen LogP contribution in [0.15, 0.2) is 4.79 Å². The van der Waals surface area contributed by atoms with Crippen molar-refractivity contribution in [2.24, 2.45) is 5.92 Å². The summed E-state index contributed by atoms with van der Waals surface area (Å²) in [5, 5.41) is 3.41. The molecule has 2 N–H and O–H groups in total. The van der Waals surface area contributed by atoms with E-state index in [1.54, 1.807) is 6.92 Å². The third-order valence-corrected chi connectivity index (χ3v) is 3.72. The monoisotopic (exact) mass is 265 g/mol. The fourth-order valence-corrected chi connectivity index (χ4v) is 2.66. The number of aromatic amines is 1. The van der Waals surface area contributed by atoms with Gasteiger partial charge in [-0.15, -0.1) is 0 Å². The summed E-state index contributed by atoms with van der Waals surface area (Å²) in [4.78, 5) is 19.1. The van der Waals surface area contributed by atoms with Crippen molar-refractivity contribution < 1.29 is 4.74 Å². The molecule has 1 aromatic heterocycles. The lowest BCUT2D eigenvalue weighted by Gasteiger charge is -2.16. The zero-order chi connectivity index (χ0) is 13.8. The Morgan fingerprint density at radius 2 is 2.32 bits per heavy atom. The van der Waals surface area contributed by atoms with Crippen LogP contribution in [-0.2, 0) is 4.74 Å². The molecular weight excluding hydrogens is 242 g/mol. The standard InChI is InChI=1S/C14H23N3O2/c1-9(15-6-4-12-5-7-19-8-12)13-10(2)16-11(3)17-14(13)18/h9,12,15H,4-8H2,1-3H3,(H,16,17,18). The lowest BCUT2D eigenvalue weighted by molar-refractivity contribution is 0.184. The number of hydrogen-bond donors (Lipinski definition) is 2. The van der Waals surface area contributed by atoms with Crippen LogP contribution in [0.25, 0.3) is 0 Å². The molecule has 0 amide bonds. The average molecular weight is 265 g/mol. The van der Waals surface area contributed by atoms with Crippen molar-refractivity contribution in [1.29, 1.82) is 0 Å². The van der Waals surface area contributed by atoms with Gasteiger partial charge in [-0.05, 0) is 46.1 Å². The topological polar surface area (TPSA) is 67.0 Å². The van der Waals surface area contributed by atoms with Gasteiger partial charge in [0.25, 0.3) is 5.56 Å². The van der Waals surface area contributed by atoms with Crippen LogP contribution in [0.3, 0.4) is 0 Å². The van der Waals surface area contributed by atoms with Gasteiger partial charge < -0.3 is 15.0 Å². The molecule has 2 rings (SSSR count). The van der Waals surface area contributed by atoms with E-state index in [4.69, 9.17) is 4.74 Å². The zero-order valence-electron chi connectivity index (χ0n) is 12.0. The summed E-state index contributed by atoms with van der Waals surface area (Å²) in [7, 11) is 0. The van der Waals surface area contributed by atoms with Crippen molar-refractivity contribution >= 4 is 0 Å². The van der Waals surface area contributed by atoms with Gasteiger partial charge in [-0.25, -0.2) is 4.98 Å². The van der Waals surface area contributed by atoms with E-state index in [9.17, 15) is 4.79 Å². The summed E-state index contributed by atoms with van der Waals surface area (Å²) in [5.74, 6) is 1.33. The van der Waals surface area contributed by atoms with Crippen LogP contribution in [0.5, 0.6) is 0 Å². The Bertz CT molecular complexity index is 478. The minimum absolute atomic E-state index is 0.0270. The van der Waals surface area contributed by atoms with Gasteiger partial charge in [-0.3, -0.25) is 4.79 Å². The summed E-state index contributed by atoms with van der Waals surface area (Å²) in [6, 6.07) is 0.0270. The summed E-state index contributed by atoms with van der Waals surface area (Å²) in [6.07, 6.45) is 2.25. The van der Waals surface area contributed by atoms with Crippen LogP contribution in [0.2, 0.25) is 0 Å². The number of ether oxygens (including phenoxy) is 1. The van der Waals surface area contributed by atoms with Gasteiger partial charge in [0.1, 0.15) is 5.82 Å². The SMILES string of the molecule is Cc1nc(C)c(C(C)NCCC2CCOC2)c(=O)[nH]1. The third-order valence-electron chi connectivity index (χ3n) is 3.72. The van der Waals surface area contributed by atoms with E-state index in [0.717, 1.165) is 43.9 Å². The average Bonchev–Trinajstić information content (AvgIpc) is 2.80. The maximum Gasteiger partial charge on any atom is 0.255 e. The normalized spacial score (nSPS) is 20.7. The van der Waals surface area contributed by atoms with E-state index >= 15 is 0 Å². The third kappa shape index (κ3) is 3.64. The van der Waals surface area contributed by atoms with Gasteiger partial charge in [-0.1, -0.05) is 0 Å². The van der Waals surface area contributed by atoms with Crippen LogP contribution in [-0.4, -0.2) is 29.7 Å².